The van der Waals surface area contributed by atoms with Crippen molar-refractivity contribution >= 4 is 17.2 Å². The largest absolute Gasteiger partial charge is 0.372 e. The van der Waals surface area contributed by atoms with E-state index >= 15 is 0 Å². The molecule has 0 bridgehead atoms. The standard InChI is InChI=1S/C28H40N2O/c1-5-29(6-2)25-13-9-23(10-14-25)21-28(19-17-27(31)18-20-28)22-24-11-15-26(16-12-24)30(7-3)8-4/h9-16H,5-8,17-22H2,1-4H3. The number of rotatable bonds is 10. The van der Waals surface area contributed by atoms with Crippen molar-refractivity contribution in [3.63, 3.8) is 0 Å². The van der Waals surface area contributed by atoms with Gasteiger partial charge in [0, 0.05) is 50.4 Å². The maximum Gasteiger partial charge on any atom is 0.132 e. The minimum atomic E-state index is 0.182. The molecule has 3 rings (SSSR count). The van der Waals surface area contributed by atoms with Crippen molar-refractivity contribution < 1.29 is 4.79 Å². The maximum atomic E-state index is 12.0. The van der Waals surface area contributed by atoms with Crippen LogP contribution in [0.15, 0.2) is 48.5 Å². The SMILES string of the molecule is CCN(CC)c1ccc(CC2(Cc3ccc(N(CC)CC)cc3)CCC(=O)CC2)cc1. The molecule has 0 unspecified atom stereocenters. The van der Waals surface area contributed by atoms with Crippen LogP contribution >= 0.6 is 0 Å². The third-order valence-corrected chi connectivity index (χ3v) is 7.16. The summed E-state index contributed by atoms with van der Waals surface area (Å²) in [7, 11) is 0. The number of carbonyl (C=O) groups excluding carboxylic acids is 1. The predicted octanol–water partition coefficient (Wildman–Crippen LogP) is 6.29. The molecule has 1 fully saturated rings. The molecule has 3 nitrogen and oxygen atoms in total. The third-order valence-electron chi connectivity index (χ3n) is 7.16. The number of ketones is 1. The van der Waals surface area contributed by atoms with Gasteiger partial charge in [0.2, 0.25) is 0 Å². The first kappa shape index (κ1) is 23.4. The zero-order valence-corrected chi connectivity index (χ0v) is 20.0. The van der Waals surface area contributed by atoms with Gasteiger partial charge in [-0.2, -0.15) is 0 Å². The van der Waals surface area contributed by atoms with Gasteiger partial charge in [0.05, 0.1) is 0 Å². The highest BCUT2D eigenvalue weighted by Crippen LogP contribution is 2.41. The topological polar surface area (TPSA) is 23.6 Å². The lowest BCUT2D eigenvalue weighted by Gasteiger charge is -2.37. The molecular formula is C28H40N2O. The Balaban J connectivity index is 1.77. The van der Waals surface area contributed by atoms with Gasteiger partial charge >= 0.3 is 0 Å². The third kappa shape index (κ3) is 5.90. The first-order chi connectivity index (χ1) is 15.0. The van der Waals surface area contributed by atoms with E-state index in [9.17, 15) is 4.79 Å². The monoisotopic (exact) mass is 420 g/mol. The summed E-state index contributed by atoms with van der Waals surface area (Å²) >= 11 is 0. The lowest BCUT2D eigenvalue weighted by atomic mass is 9.67. The summed E-state index contributed by atoms with van der Waals surface area (Å²) in [5.74, 6) is 0.435. The van der Waals surface area contributed by atoms with Crippen LogP contribution in [0.1, 0.15) is 64.5 Å². The van der Waals surface area contributed by atoms with Gasteiger partial charge in [-0.3, -0.25) is 4.79 Å². The summed E-state index contributed by atoms with van der Waals surface area (Å²) in [6.45, 7) is 13.0. The second-order valence-electron chi connectivity index (χ2n) is 9.07. The average Bonchev–Trinajstić information content (AvgIpc) is 2.80. The normalized spacial score (nSPS) is 15.7. The van der Waals surface area contributed by atoms with Crippen molar-refractivity contribution in [2.75, 3.05) is 36.0 Å². The minimum Gasteiger partial charge on any atom is -0.372 e. The lowest BCUT2D eigenvalue weighted by molar-refractivity contribution is -0.122. The molecule has 0 radical (unpaired) electrons. The second kappa shape index (κ2) is 10.8. The van der Waals surface area contributed by atoms with Crippen molar-refractivity contribution in [2.24, 2.45) is 5.41 Å². The lowest BCUT2D eigenvalue weighted by Crippen LogP contribution is -2.32. The Morgan fingerprint density at radius 2 is 1.00 bits per heavy atom. The summed E-state index contributed by atoms with van der Waals surface area (Å²) in [4.78, 5) is 16.8. The molecule has 0 spiro atoms. The molecule has 0 atom stereocenters. The number of anilines is 2. The first-order valence-electron chi connectivity index (χ1n) is 12.2. The average molecular weight is 421 g/mol. The first-order valence-corrected chi connectivity index (χ1v) is 12.2. The fraction of sp³-hybridized carbons (Fsp3) is 0.536. The van der Waals surface area contributed by atoms with E-state index in [1.165, 1.54) is 22.5 Å². The van der Waals surface area contributed by atoms with E-state index in [4.69, 9.17) is 0 Å². The summed E-state index contributed by atoms with van der Waals surface area (Å²) < 4.78 is 0. The van der Waals surface area contributed by atoms with Gasteiger partial charge in [-0.1, -0.05) is 24.3 Å². The Kier molecular flexibility index (Phi) is 8.17. The predicted molar refractivity (Wildman–Crippen MR) is 133 cm³/mol. The van der Waals surface area contributed by atoms with Crippen LogP contribution < -0.4 is 9.80 Å². The molecule has 0 N–H and O–H groups in total. The van der Waals surface area contributed by atoms with Gasteiger partial charge in [0.1, 0.15) is 5.78 Å². The van der Waals surface area contributed by atoms with Gasteiger partial charge in [-0.15, -0.1) is 0 Å². The van der Waals surface area contributed by atoms with Crippen LogP contribution in [-0.2, 0) is 17.6 Å². The van der Waals surface area contributed by atoms with Gasteiger partial charge in [0.25, 0.3) is 0 Å². The summed E-state index contributed by atoms with van der Waals surface area (Å²) in [5.41, 5.74) is 5.57. The zero-order chi connectivity index (χ0) is 22.3. The number of hydrogen-bond donors (Lipinski definition) is 0. The molecule has 0 aromatic heterocycles. The van der Waals surface area contributed by atoms with Crippen molar-refractivity contribution in [1.29, 1.82) is 0 Å². The fourth-order valence-electron chi connectivity index (χ4n) is 5.17. The van der Waals surface area contributed by atoms with Crippen molar-refractivity contribution in [3.05, 3.63) is 59.7 Å². The molecule has 3 heteroatoms. The van der Waals surface area contributed by atoms with Crippen LogP contribution in [0.2, 0.25) is 0 Å². The Hall–Kier alpha value is -2.29. The number of Topliss-reactive ketones (excluding diaryl/α,β-unsaturated/α-hetero) is 1. The molecular weight excluding hydrogens is 380 g/mol. The van der Waals surface area contributed by atoms with Crippen molar-refractivity contribution in [2.45, 2.75) is 66.2 Å². The maximum absolute atomic E-state index is 12.0. The van der Waals surface area contributed by atoms with Crippen LogP contribution in [0.4, 0.5) is 11.4 Å². The van der Waals surface area contributed by atoms with E-state index in [-0.39, 0.29) is 5.41 Å². The Morgan fingerprint density at radius 3 is 1.32 bits per heavy atom. The van der Waals surface area contributed by atoms with E-state index in [2.05, 4.69) is 86.0 Å². The van der Waals surface area contributed by atoms with Gasteiger partial charge in [-0.05, 0) is 94.2 Å². The van der Waals surface area contributed by atoms with E-state index in [0.29, 0.717) is 5.78 Å². The molecule has 2 aromatic rings. The van der Waals surface area contributed by atoms with Crippen LogP contribution in [0, 0.1) is 5.41 Å². The molecule has 0 amide bonds. The Morgan fingerprint density at radius 1 is 0.645 bits per heavy atom. The smallest absolute Gasteiger partial charge is 0.132 e. The van der Waals surface area contributed by atoms with E-state index in [0.717, 1.165) is 64.7 Å². The molecule has 0 saturated heterocycles. The quantitative estimate of drug-likeness (QED) is 0.451. The fourth-order valence-corrected chi connectivity index (χ4v) is 5.17. The molecule has 2 aromatic carbocycles. The molecule has 1 saturated carbocycles. The molecule has 168 valence electrons. The highest BCUT2D eigenvalue weighted by molar-refractivity contribution is 5.79. The zero-order valence-electron chi connectivity index (χ0n) is 20.0. The Labute approximate surface area is 189 Å². The van der Waals surface area contributed by atoms with Crippen LogP contribution in [0.3, 0.4) is 0 Å². The van der Waals surface area contributed by atoms with Gasteiger partial charge in [-0.25, -0.2) is 0 Å². The number of hydrogen-bond acceptors (Lipinski definition) is 3. The van der Waals surface area contributed by atoms with Gasteiger partial charge in [0.15, 0.2) is 0 Å². The second-order valence-corrected chi connectivity index (χ2v) is 9.07. The minimum absolute atomic E-state index is 0.182. The number of benzene rings is 2. The van der Waals surface area contributed by atoms with E-state index in [1.54, 1.807) is 0 Å². The molecule has 0 heterocycles. The molecule has 31 heavy (non-hydrogen) atoms. The molecule has 1 aliphatic carbocycles. The highest BCUT2D eigenvalue weighted by Gasteiger charge is 2.35. The van der Waals surface area contributed by atoms with Crippen LogP contribution in [0.25, 0.3) is 0 Å². The van der Waals surface area contributed by atoms with Crippen molar-refractivity contribution in [3.8, 4) is 0 Å². The van der Waals surface area contributed by atoms with Gasteiger partial charge < -0.3 is 9.80 Å². The van der Waals surface area contributed by atoms with Crippen molar-refractivity contribution in [1.82, 2.24) is 0 Å². The van der Waals surface area contributed by atoms with Crippen LogP contribution in [0.5, 0.6) is 0 Å². The molecule has 1 aliphatic rings. The number of carbonyl (C=O) groups is 1. The number of nitrogens with zero attached hydrogens (tertiary/aromatic N) is 2. The Bertz CT molecular complexity index is 748. The summed E-state index contributed by atoms with van der Waals surface area (Å²) in [5, 5.41) is 0. The van der Waals surface area contributed by atoms with E-state index < -0.39 is 0 Å². The highest BCUT2D eigenvalue weighted by atomic mass is 16.1. The van der Waals surface area contributed by atoms with E-state index in [1.807, 2.05) is 0 Å². The van der Waals surface area contributed by atoms with Crippen LogP contribution in [-0.4, -0.2) is 32.0 Å². The molecule has 0 aliphatic heterocycles. The summed E-state index contributed by atoms with van der Waals surface area (Å²) in [6.07, 6.45) is 5.57. The summed E-state index contributed by atoms with van der Waals surface area (Å²) in [6, 6.07) is 18.3.